The summed E-state index contributed by atoms with van der Waals surface area (Å²) in [6, 6.07) is 7.58. The van der Waals surface area contributed by atoms with E-state index in [4.69, 9.17) is 16.3 Å². The number of hydrogen-bond donors (Lipinski definition) is 0. The molecule has 0 saturated carbocycles. The molecule has 2 rings (SSSR count). The molecule has 18 heavy (non-hydrogen) atoms. The smallest absolute Gasteiger partial charge is 0.227 e. The van der Waals surface area contributed by atoms with Gasteiger partial charge < -0.3 is 9.64 Å². The highest BCUT2D eigenvalue weighted by Crippen LogP contribution is 2.15. The summed E-state index contributed by atoms with van der Waals surface area (Å²) in [5.74, 6) is 0.153. The minimum Gasteiger partial charge on any atom is -0.375 e. The van der Waals surface area contributed by atoms with Crippen molar-refractivity contribution in [3.63, 3.8) is 0 Å². The van der Waals surface area contributed by atoms with E-state index in [1.165, 1.54) is 0 Å². The predicted molar refractivity (Wildman–Crippen MR) is 71.7 cm³/mol. The van der Waals surface area contributed by atoms with Crippen LogP contribution in [0.15, 0.2) is 24.3 Å². The first-order chi connectivity index (χ1) is 8.56. The number of carbonyl (C=O) groups is 1. The molecule has 1 aromatic rings. The molecule has 1 aliphatic rings. The van der Waals surface area contributed by atoms with Crippen LogP contribution in [0.4, 0.5) is 0 Å². The first-order valence-corrected chi connectivity index (χ1v) is 6.59. The molecule has 0 spiro atoms. The summed E-state index contributed by atoms with van der Waals surface area (Å²) in [5, 5.41) is 0.694. The number of benzene rings is 1. The molecule has 3 nitrogen and oxygen atoms in total. The maximum absolute atomic E-state index is 12.2. The van der Waals surface area contributed by atoms with Gasteiger partial charge in [0.1, 0.15) is 0 Å². The SMILES string of the molecule is CC1CN(C(=O)Cc2ccc(Cl)cc2)C(C)CO1. The van der Waals surface area contributed by atoms with Crippen LogP contribution in [0.2, 0.25) is 5.02 Å². The highest BCUT2D eigenvalue weighted by Gasteiger charge is 2.27. The van der Waals surface area contributed by atoms with E-state index in [0.717, 1.165) is 5.56 Å². The molecule has 4 heteroatoms. The van der Waals surface area contributed by atoms with E-state index < -0.39 is 0 Å². The van der Waals surface area contributed by atoms with Gasteiger partial charge in [-0.3, -0.25) is 4.79 Å². The zero-order valence-electron chi connectivity index (χ0n) is 10.7. The van der Waals surface area contributed by atoms with Crippen LogP contribution in [0, 0.1) is 0 Å². The second-order valence-electron chi connectivity index (χ2n) is 4.84. The fourth-order valence-electron chi connectivity index (χ4n) is 2.13. The van der Waals surface area contributed by atoms with Crippen LogP contribution < -0.4 is 0 Å². The minimum absolute atomic E-state index is 0.121. The molecule has 98 valence electrons. The van der Waals surface area contributed by atoms with Crippen LogP contribution >= 0.6 is 11.6 Å². The number of morpholine rings is 1. The average Bonchev–Trinajstić information content (AvgIpc) is 2.35. The zero-order chi connectivity index (χ0) is 13.1. The molecule has 0 aromatic heterocycles. The van der Waals surface area contributed by atoms with E-state index in [1.54, 1.807) is 0 Å². The van der Waals surface area contributed by atoms with Crippen LogP contribution in [0.25, 0.3) is 0 Å². The highest BCUT2D eigenvalue weighted by molar-refractivity contribution is 6.30. The molecule has 1 fully saturated rings. The van der Waals surface area contributed by atoms with Crippen molar-refractivity contribution in [2.75, 3.05) is 13.2 Å². The largest absolute Gasteiger partial charge is 0.375 e. The molecule has 1 saturated heterocycles. The minimum atomic E-state index is 0.121. The molecular weight excluding hydrogens is 250 g/mol. The molecule has 1 aromatic carbocycles. The van der Waals surface area contributed by atoms with Crippen LogP contribution in [-0.4, -0.2) is 36.1 Å². The van der Waals surface area contributed by atoms with Crippen LogP contribution in [0.1, 0.15) is 19.4 Å². The van der Waals surface area contributed by atoms with Gasteiger partial charge in [0.25, 0.3) is 0 Å². The maximum Gasteiger partial charge on any atom is 0.227 e. The third-order valence-electron chi connectivity index (χ3n) is 3.20. The van der Waals surface area contributed by atoms with E-state index >= 15 is 0 Å². The average molecular weight is 268 g/mol. The number of carbonyl (C=O) groups excluding carboxylic acids is 1. The standard InChI is InChI=1S/C14H18ClNO2/c1-10-9-18-11(2)8-16(10)14(17)7-12-3-5-13(15)6-4-12/h3-6,10-11H,7-9H2,1-2H3. The lowest BCUT2D eigenvalue weighted by Gasteiger charge is -2.36. The van der Waals surface area contributed by atoms with Crippen molar-refractivity contribution in [1.29, 1.82) is 0 Å². The van der Waals surface area contributed by atoms with Gasteiger partial charge in [-0.05, 0) is 31.5 Å². The fraction of sp³-hybridized carbons (Fsp3) is 0.500. The summed E-state index contributed by atoms with van der Waals surface area (Å²) in [4.78, 5) is 14.2. The van der Waals surface area contributed by atoms with Gasteiger partial charge >= 0.3 is 0 Å². The van der Waals surface area contributed by atoms with E-state index in [1.807, 2.05) is 43.0 Å². The molecule has 1 heterocycles. The molecule has 0 N–H and O–H groups in total. The van der Waals surface area contributed by atoms with Crippen LogP contribution in [-0.2, 0) is 16.0 Å². The third kappa shape index (κ3) is 3.24. The highest BCUT2D eigenvalue weighted by atomic mass is 35.5. The predicted octanol–water partition coefficient (Wildman–Crippen LogP) is 2.52. The van der Waals surface area contributed by atoms with Crippen molar-refractivity contribution in [2.24, 2.45) is 0 Å². The molecule has 2 unspecified atom stereocenters. The molecule has 0 aliphatic carbocycles. The molecule has 0 bridgehead atoms. The number of hydrogen-bond acceptors (Lipinski definition) is 2. The van der Waals surface area contributed by atoms with E-state index in [0.29, 0.717) is 24.6 Å². The second kappa shape index (κ2) is 5.72. The first kappa shape index (κ1) is 13.4. The van der Waals surface area contributed by atoms with Gasteiger partial charge in [-0.1, -0.05) is 23.7 Å². The Morgan fingerprint density at radius 3 is 2.72 bits per heavy atom. The summed E-state index contributed by atoms with van der Waals surface area (Å²) in [6.45, 7) is 5.31. The summed E-state index contributed by atoms with van der Waals surface area (Å²) in [7, 11) is 0. The topological polar surface area (TPSA) is 29.5 Å². The number of nitrogens with zero attached hydrogens (tertiary/aromatic N) is 1. The Labute approximate surface area is 113 Å². The summed E-state index contributed by atoms with van der Waals surface area (Å²) in [6.07, 6.45) is 0.546. The monoisotopic (exact) mass is 267 g/mol. The van der Waals surface area contributed by atoms with Crippen molar-refractivity contribution >= 4 is 17.5 Å². The van der Waals surface area contributed by atoms with Gasteiger partial charge in [0, 0.05) is 11.6 Å². The fourth-order valence-corrected chi connectivity index (χ4v) is 2.26. The normalized spacial score (nSPS) is 24.1. The van der Waals surface area contributed by atoms with Gasteiger partial charge in [0.2, 0.25) is 5.91 Å². The molecular formula is C14H18ClNO2. The van der Waals surface area contributed by atoms with Crippen molar-refractivity contribution in [3.8, 4) is 0 Å². The Morgan fingerprint density at radius 2 is 2.06 bits per heavy atom. The molecule has 1 amide bonds. The second-order valence-corrected chi connectivity index (χ2v) is 5.28. The summed E-state index contributed by atoms with van der Waals surface area (Å²) >= 11 is 5.83. The zero-order valence-corrected chi connectivity index (χ0v) is 11.5. The number of rotatable bonds is 2. The Kier molecular flexibility index (Phi) is 4.25. The van der Waals surface area contributed by atoms with E-state index in [2.05, 4.69) is 0 Å². The van der Waals surface area contributed by atoms with E-state index in [9.17, 15) is 4.79 Å². The van der Waals surface area contributed by atoms with Gasteiger partial charge in [0.15, 0.2) is 0 Å². The van der Waals surface area contributed by atoms with Crippen molar-refractivity contribution in [3.05, 3.63) is 34.9 Å². The van der Waals surface area contributed by atoms with Gasteiger partial charge in [-0.2, -0.15) is 0 Å². The molecule has 2 atom stereocenters. The first-order valence-electron chi connectivity index (χ1n) is 6.22. The van der Waals surface area contributed by atoms with Crippen molar-refractivity contribution in [2.45, 2.75) is 32.4 Å². The molecule has 0 radical (unpaired) electrons. The number of amides is 1. The Bertz CT molecular complexity index is 418. The van der Waals surface area contributed by atoms with Crippen molar-refractivity contribution < 1.29 is 9.53 Å². The lowest BCUT2D eigenvalue weighted by molar-refractivity contribution is -0.142. The maximum atomic E-state index is 12.2. The Morgan fingerprint density at radius 1 is 1.39 bits per heavy atom. The Hall–Kier alpha value is -1.06. The molecule has 1 aliphatic heterocycles. The van der Waals surface area contributed by atoms with Gasteiger partial charge in [-0.15, -0.1) is 0 Å². The summed E-state index contributed by atoms with van der Waals surface area (Å²) < 4.78 is 5.53. The summed E-state index contributed by atoms with van der Waals surface area (Å²) in [5.41, 5.74) is 0.996. The van der Waals surface area contributed by atoms with Crippen molar-refractivity contribution in [1.82, 2.24) is 4.90 Å². The van der Waals surface area contributed by atoms with Crippen LogP contribution in [0.5, 0.6) is 0 Å². The van der Waals surface area contributed by atoms with Crippen LogP contribution in [0.3, 0.4) is 0 Å². The van der Waals surface area contributed by atoms with Gasteiger partial charge in [0.05, 0.1) is 25.2 Å². The lowest BCUT2D eigenvalue weighted by atomic mass is 10.1. The third-order valence-corrected chi connectivity index (χ3v) is 3.45. The van der Waals surface area contributed by atoms with Gasteiger partial charge in [-0.25, -0.2) is 0 Å². The Balaban J connectivity index is 2.00. The lowest BCUT2D eigenvalue weighted by Crippen LogP contribution is -2.50. The number of halogens is 1. The van der Waals surface area contributed by atoms with E-state index in [-0.39, 0.29) is 18.1 Å². The quantitative estimate of drug-likeness (QED) is 0.824. The number of ether oxygens (including phenoxy) is 1.